The van der Waals surface area contributed by atoms with Crippen LogP contribution in [0.4, 0.5) is 35.4 Å². The Kier molecular flexibility index (Phi) is 14.0. The number of rotatable bonds is 6. The zero-order chi connectivity index (χ0) is 37.9. The zero-order valence-corrected chi connectivity index (χ0v) is 30.1. The first-order valence-corrected chi connectivity index (χ1v) is 17.6. The second kappa shape index (κ2) is 18.4. The van der Waals surface area contributed by atoms with Gasteiger partial charge in [-0.3, -0.25) is 40.8 Å². The van der Waals surface area contributed by atoms with E-state index in [9.17, 15) is 19.2 Å². The van der Waals surface area contributed by atoms with Gasteiger partial charge in [-0.2, -0.15) is 0 Å². The Morgan fingerprint density at radius 1 is 0.692 bits per heavy atom. The van der Waals surface area contributed by atoms with Crippen LogP contribution >= 0.6 is 0 Å². The van der Waals surface area contributed by atoms with Crippen molar-refractivity contribution in [2.45, 2.75) is 45.4 Å². The number of nitrogens with one attached hydrogen (secondary N) is 8. The predicted molar refractivity (Wildman–Crippen MR) is 197 cm³/mol. The SMILES string of the molecule is CC.CNc1c(C(=N)N2CCC(=O)NC2=O)ccc(C2CCNCC2)c1F.CNc1c(C(=N)N2CCC(=O)NC2=O)ccc(N2CCNCC2)c1F. The number of urea groups is 2. The Bertz CT molecular complexity index is 1550. The maximum absolute atomic E-state index is 15.1. The van der Waals surface area contributed by atoms with Gasteiger partial charge in [0.2, 0.25) is 11.8 Å². The number of amidine groups is 2. The summed E-state index contributed by atoms with van der Waals surface area (Å²) in [6, 6.07) is 5.36. The van der Waals surface area contributed by atoms with Crippen molar-refractivity contribution >= 4 is 52.6 Å². The molecule has 4 fully saturated rings. The highest BCUT2D eigenvalue weighted by molar-refractivity contribution is 6.14. The number of benzene rings is 2. The molecule has 2 aromatic rings. The molecular weight excluding hydrogens is 676 g/mol. The summed E-state index contributed by atoms with van der Waals surface area (Å²) in [5, 5.41) is 33.1. The molecule has 15 nitrogen and oxygen atoms in total. The van der Waals surface area contributed by atoms with E-state index >= 15 is 8.78 Å². The van der Waals surface area contributed by atoms with E-state index < -0.39 is 17.9 Å². The van der Waals surface area contributed by atoms with Gasteiger partial charge >= 0.3 is 12.1 Å². The second-order valence-electron chi connectivity index (χ2n) is 12.2. The first-order chi connectivity index (χ1) is 25.0. The van der Waals surface area contributed by atoms with E-state index in [2.05, 4.69) is 31.9 Å². The average Bonchev–Trinajstić information content (AvgIpc) is 3.16. The van der Waals surface area contributed by atoms with Gasteiger partial charge in [-0.25, -0.2) is 18.4 Å². The minimum absolute atomic E-state index is 0.105. The van der Waals surface area contributed by atoms with Crippen LogP contribution in [0.3, 0.4) is 0 Å². The standard InChI is InChI=1S/C17H22FN5O2.C16H21FN6O2.C2H6/c1-20-15-12(16(19)23-9-6-13(24)22-17(23)25)3-2-11(14(15)18)10-4-7-21-8-5-10;1-19-14-10(15(18)23-7-4-12(24)21-16(23)25)2-3-11(13(14)17)22-8-5-20-6-9-22;1-2/h2-3,10,19-21H,4-9H2,1H3,(H,22,24,25);2-3,18-20H,4-9H2,1H3,(H,21,24,25);1-2H3. The summed E-state index contributed by atoms with van der Waals surface area (Å²) in [6.45, 7) is 8.91. The molecule has 17 heteroatoms. The molecule has 52 heavy (non-hydrogen) atoms. The number of hydrogen-bond donors (Lipinski definition) is 8. The molecule has 4 aliphatic rings. The summed E-state index contributed by atoms with van der Waals surface area (Å²) in [7, 11) is 3.18. The Morgan fingerprint density at radius 2 is 1.15 bits per heavy atom. The molecule has 282 valence electrons. The second-order valence-corrected chi connectivity index (χ2v) is 12.2. The number of anilines is 3. The lowest BCUT2D eigenvalue weighted by molar-refractivity contribution is -0.122. The lowest BCUT2D eigenvalue weighted by Gasteiger charge is -2.31. The van der Waals surface area contributed by atoms with E-state index in [1.165, 1.54) is 0 Å². The molecule has 4 heterocycles. The van der Waals surface area contributed by atoms with Crippen molar-refractivity contribution in [3.63, 3.8) is 0 Å². The van der Waals surface area contributed by atoms with Gasteiger partial charge in [0, 0.05) is 77.3 Å². The summed E-state index contributed by atoms with van der Waals surface area (Å²) >= 11 is 0. The number of amides is 6. The van der Waals surface area contributed by atoms with Crippen LogP contribution in [0.1, 0.15) is 62.1 Å². The fraction of sp³-hybridized carbons (Fsp3) is 0.486. The fourth-order valence-corrected chi connectivity index (χ4v) is 6.48. The topological polar surface area (TPSA) is 198 Å². The first kappa shape index (κ1) is 39.6. The molecule has 6 amide bonds. The van der Waals surface area contributed by atoms with Crippen molar-refractivity contribution in [1.29, 1.82) is 10.8 Å². The summed E-state index contributed by atoms with van der Waals surface area (Å²) in [4.78, 5) is 50.7. The van der Waals surface area contributed by atoms with Gasteiger partial charge in [0.15, 0.2) is 5.82 Å². The first-order valence-electron chi connectivity index (χ1n) is 17.6. The van der Waals surface area contributed by atoms with E-state index in [0.717, 1.165) is 48.8 Å². The number of piperidine rings is 1. The molecule has 0 aromatic heterocycles. The van der Waals surface area contributed by atoms with Crippen LogP contribution in [-0.4, -0.2) is 112 Å². The molecule has 2 aromatic carbocycles. The van der Waals surface area contributed by atoms with Gasteiger partial charge in [0.05, 0.1) is 17.1 Å². The number of nitrogens with zero attached hydrogens (tertiary/aromatic N) is 3. The van der Waals surface area contributed by atoms with E-state index in [1.807, 2.05) is 18.7 Å². The third-order valence-corrected chi connectivity index (χ3v) is 9.19. The van der Waals surface area contributed by atoms with Gasteiger partial charge in [-0.15, -0.1) is 0 Å². The third-order valence-electron chi connectivity index (χ3n) is 9.19. The van der Waals surface area contributed by atoms with Crippen LogP contribution < -0.4 is 36.8 Å². The molecule has 0 radical (unpaired) electrons. The zero-order valence-electron chi connectivity index (χ0n) is 30.1. The summed E-state index contributed by atoms with van der Waals surface area (Å²) in [5.41, 5.74) is 2.09. The Labute approximate surface area is 302 Å². The number of halogens is 2. The Morgan fingerprint density at radius 3 is 1.63 bits per heavy atom. The van der Waals surface area contributed by atoms with Crippen LogP contribution in [0, 0.1) is 22.5 Å². The molecular formula is C35H49F2N11O4. The smallest absolute Gasteiger partial charge is 0.329 e. The summed E-state index contributed by atoms with van der Waals surface area (Å²) in [6.07, 6.45) is 1.98. The number of imide groups is 2. The highest BCUT2D eigenvalue weighted by atomic mass is 19.1. The van der Waals surface area contributed by atoms with Gasteiger partial charge < -0.3 is 26.2 Å². The number of carbonyl (C=O) groups is 4. The molecule has 0 saturated carbocycles. The van der Waals surface area contributed by atoms with Gasteiger partial charge in [0.25, 0.3) is 0 Å². The highest BCUT2D eigenvalue weighted by Crippen LogP contribution is 2.34. The van der Waals surface area contributed by atoms with Crippen LogP contribution in [0.15, 0.2) is 24.3 Å². The van der Waals surface area contributed by atoms with Crippen molar-refractivity contribution in [2.75, 3.05) is 82.0 Å². The highest BCUT2D eigenvalue weighted by Gasteiger charge is 2.31. The van der Waals surface area contributed by atoms with Gasteiger partial charge in [-0.1, -0.05) is 19.9 Å². The quantitative estimate of drug-likeness (QED) is 0.163. The fourth-order valence-electron chi connectivity index (χ4n) is 6.48. The van der Waals surface area contributed by atoms with Crippen molar-refractivity contribution < 1.29 is 28.0 Å². The van der Waals surface area contributed by atoms with Gasteiger partial charge in [-0.05, 0) is 55.6 Å². The monoisotopic (exact) mass is 725 g/mol. The summed E-state index contributed by atoms with van der Waals surface area (Å²) < 4.78 is 30.1. The van der Waals surface area contributed by atoms with Crippen LogP contribution in [0.25, 0.3) is 0 Å². The van der Waals surface area contributed by atoms with Crippen molar-refractivity contribution in [1.82, 2.24) is 31.1 Å². The Balaban J connectivity index is 0.000000222. The van der Waals surface area contributed by atoms with Crippen molar-refractivity contribution in [3.8, 4) is 0 Å². The number of carbonyl (C=O) groups excluding carboxylic acids is 4. The number of piperazine rings is 1. The molecule has 0 bridgehead atoms. The minimum atomic E-state index is -0.658. The molecule has 0 unspecified atom stereocenters. The predicted octanol–water partition coefficient (Wildman–Crippen LogP) is 3.17. The van der Waals surface area contributed by atoms with Gasteiger partial charge in [0.1, 0.15) is 17.5 Å². The maximum atomic E-state index is 15.1. The van der Waals surface area contributed by atoms with Crippen LogP contribution in [0.5, 0.6) is 0 Å². The summed E-state index contributed by atoms with van der Waals surface area (Å²) in [5.74, 6) is -1.67. The molecule has 4 aliphatic heterocycles. The lowest BCUT2D eigenvalue weighted by atomic mass is 9.88. The van der Waals surface area contributed by atoms with Crippen LogP contribution in [0.2, 0.25) is 0 Å². The third kappa shape index (κ3) is 8.82. The molecule has 8 N–H and O–H groups in total. The van der Waals surface area contributed by atoms with E-state index in [0.29, 0.717) is 29.9 Å². The average molecular weight is 726 g/mol. The largest absolute Gasteiger partial charge is 0.385 e. The molecule has 0 aliphatic carbocycles. The van der Waals surface area contributed by atoms with Crippen molar-refractivity contribution in [2.24, 2.45) is 0 Å². The molecule has 0 atom stereocenters. The number of hydrogen-bond acceptors (Lipinski definition) is 11. The molecule has 4 saturated heterocycles. The maximum Gasteiger partial charge on any atom is 0.329 e. The van der Waals surface area contributed by atoms with Crippen LogP contribution in [-0.2, 0) is 9.59 Å². The Hall–Kier alpha value is -5.16. The van der Waals surface area contributed by atoms with E-state index in [4.69, 9.17) is 10.8 Å². The van der Waals surface area contributed by atoms with E-state index in [-0.39, 0.29) is 78.1 Å². The molecule has 0 spiro atoms. The normalized spacial score (nSPS) is 17.9. The molecule has 6 rings (SSSR count). The lowest BCUT2D eigenvalue weighted by Crippen LogP contribution is -2.52. The minimum Gasteiger partial charge on any atom is -0.385 e. The van der Waals surface area contributed by atoms with Crippen molar-refractivity contribution in [3.05, 3.63) is 52.6 Å². The van der Waals surface area contributed by atoms with E-state index in [1.54, 1.807) is 38.4 Å².